The van der Waals surface area contributed by atoms with Gasteiger partial charge in [0.2, 0.25) is 0 Å². The van der Waals surface area contributed by atoms with Crippen molar-refractivity contribution >= 4 is 5.91 Å². The number of nitrogens with zero attached hydrogens (tertiary/aromatic N) is 4. The largest absolute Gasteiger partial charge is 0.485 e. The van der Waals surface area contributed by atoms with E-state index in [0.717, 1.165) is 43.1 Å². The van der Waals surface area contributed by atoms with Gasteiger partial charge in [0.15, 0.2) is 5.69 Å². The van der Waals surface area contributed by atoms with E-state index in [9.17, 15) is 4.79 Å². The van der Waals surface area contributed by atoms with E-state index >= 15 is 0 Å². The second-order valence-electron chi connectivity index (χ2n) is 6.62. The average molecular weight is 326 g/mol. The van der Waals surface area contributed by atoms with E-state index in [2.05, 4.69) is 16.9 Å². The molecule has 0 radical (unpaired) electrons. The monoisotopic (exact) mass is 326 g/mol. The summed E-state index contributed by atoms with van der Waals surface area (Å²) in [6.07, 6.45) is 3.74. The number of aromatic nitrogens is 2. The number of hydrogen-bond donors (Lipinski definition) is 0. The highest BCUT2D eigenvalue weighted by Crippen LogP contribution is 2.31. The number of amides is 1. The molecule has 2 aliphatic rings. The van der Waals surface area contributed by atoms with Crippen LogP contribution in [0, 0.1) is 0 Å². The molecule has 1 aromatic heterocycles. The Bertz CT molecular complexity index is 762. The van der Waals surface area contributed by atoms with Gasteiger partial charge < -0.3 is 14.5 Å². The van der Waals surface area contributed by atoms with E-state index in [1.807, 2.05) is 40.8 Å². The van der Waals surface area contributed by atoms with E-state index in [0.29, 0.717) is 12.3 Å². The predicted molar refractivity (Wildman–Crippen MR) is 90.5 cm³/mol. The lowest BCUT2D eigenvalue weighted by Gasteiger charge is -2.35. The lowest BCUT2D eigenvalue weighted by atomic mass is 10.0. The first-order valence-corrected chi connectivity index (χ1v) is 8.39. The van der Waals surface area contributed by atoms with Crippen LogP contribution < -0.4 is 4.74 Å². The number of para-hydroxylation sites is 2. The fraction of sp³-hybridized carbons (Fsp3) is 0.444. The van der Waals surface area contributed by atoms with Gasteiger partial charge >= 0.3 is 0 Å². The zero-order valence-corrected chi connectivity index (χ0v) is 14.1. The molecule has 6 nitrogen and oxygen atoms in total. The normalized spacial score (nSPS) is 17.8. The molecule has 0 N–H and O–H groups in total. The number of piperidine rings is 1. The molecule has 2 aliphatic heterocycles. The molecular formula is C18H22N4O2. The summed E-state index contributed by atoms with van der Waals surface area (Å²) in [7, 11) is 4.01. The SMILES string of the molecule is CN1CCC(N(C)C(=O)c2ncn3c2COc2ccccc2-3)CC1. The molecule has 2 aromatic rings. The van der Waals surface area contributed by atoms with E-state index in [1.165, 1.54) is 0 Å². The number of benzene rings is 1. The summed E-state index contributed by atoms with van der Waals surface area (Å²) >= 11 is 0. The second kappa shape index (κ2) is 5.94. The van der Waals surface area contributed by atoms with Gasteiger partial charge in [0.1, 0.15) is 18.7 Å². The zero-order chi connectivity index (χ0) is 16.7. The third-order valence-corrected chi connectivity index (χ3v) is 5.11. The smallest absolute Gasteiger partial charge is 0.274 e. The summed E-state index contributed by atoms with van der Waals surface area (Å²) in [5.74, 6) is 0.811. The first kappa shape index (κ1) is 15.2. The van der Waals surface area contributed by atoms with Crippen molar-refractivity contribution < 1.29 is 9.53 Å². The van der Waals surface area contributed by atoms with Gasteiger partial charge in [-0.1, -0.05) is 12.1 Å². The molecule has 3 heterocycles. The highest BCUT2D eigenvalue weighted by Gasteiger charge is 2.30. The molecule has 1 saturated heterocycles. The van der Waals surface area contributed by atoms with Crippen molar-refractivity contribution in [1.29, 1.82) is 0 Å². The van der Waals surface area contributed by atoms with Crippen LogP contribution in [0.15, 0.2) is 30.6 Å². The van der Waals surface area contributed by atoms with Crippen molar-refractivity contribution in [3.63, 3.8) is 0 Å². The molecular weight excluding hydrogens is 304 g/mol. The van der Waals surface area contributed by atoms with Crippen molar-refractivity contribution in [1.82, 2.24) is 19.4 Å². The van der Waals surface area contributed by atoms with Crippen molar-refractivity contribution in [2.24, 2.45) is 0 Å². The summed E-state index contributed by atoms with van der Waals surface area (Å²) in [5.41, 5.74) is 2.27. The third kappa shape index (κ3) is 2.47. The Morgan fingerprint density at radius 2 is 2.04 bits per heavy atom. The van der Waals surface area contributed by atoms with Gasteiger partial charge in [-0.3, -0.25) is 9.36 Å². The van der Waals surface area contributed by atoms with Crippen LogP contribution in [0.5, 0.6) is 5.75 Å². The van der Waals surface area contributed by atoms with Crippen LogP contribution in [-0.4, -0.2) is 58.5 Å². The summed E-state index contributed by atoms with van der Waals surface area (Å²) in [6.45, 7) is 2.43. The van der Waals surface area contributed by atoms with Crippen LogP contribution in [0.25, 0.3) is 5.69 Å². The van der Waals surface area contributed by atoms with Crippen LogP contribution >= 0.6 is 0 Å². The lowest BCUT2D eigenvalue weighted by molar-refractivity contribution is 0.0651. The molecule has 6 heteroatoms. The van der Waals surface area contributed by atoms with Crippen molar-refractivity contribution in [3.8, 4) is 11.4 Å². The van der Waals surface area contributed by atoms with E-state index in [-0.39, 0.29) is 11.9 Å². The van der Waals surface area contributed by atoms with Crippen LogP contribution in [0.3, 0.4) is 0 Å². The molecule has 0 aliphatic carbocycles. The number of hydrogen-bond acceptors (Lipinski definition) is 4. The average Bonchev–Trinajstić information content (AvgIpc) is 3.05. The minimum absolute atomic E-state index is 0.0127. The molecule has 0 bridgehead atoms. The standard InChI is InChI=1S/C18H22N4O2/c1-20-9-7-13(8-10-20)21(2)18(23)17-15-11-24-16-6-4-3-5-14(16)22(15)12-19-17/h3-6,12-13H,7-11H2,1-2H3. The number of rotatable bonds is 2. The number of fused-ring (bicyclic) bond motifs is 3. The maximum absolute atomic E-state index is 13.0. The highest BCUT2D eigenvalue weighted by molar-refractivity contribution is 5.93. The van der Waals surface area contributed by atoms with Crippen molar-refractivity contribution in [2.45, 2.75) is 25.5 Å². The Balaban J connectivity index is 1.60. The topological polar surface area (TPSA) is 50.6 Å². The van der Waals surface area contributed by atoms with Crippen LogP contribution in [0.1, 0.15) is 29.0 Å². The Kier molecular flexibility index (Phi) is 3.76. The Morgan fingerprint density at radius 3 is 2.83 bits per heavy atom. The fourth-order valence-corrected chi connectivity index (χ4v) is 3.54. The van der Waals surface area contributed by atoms with Gasteiger partial charge in [-0.05, 0) is 45.1 Å². The van der Waals surface area contributed by atoms with Gasteiger partial charge in [0, 0.05) is 13.1 Å². The van der Waals surface area contributed by atoms with E-state index < -0.39 is 0 Å². The number of imidazole rings is 1. The Labute approximate surface area is 141 Å². The quantitative estimate of drug-likeness (QED) is 0.846. The minimum atomic E-state index is -0.0127. The van der Waals surface area contributed by atoms with Crippen molar-refractivity contribution in [2.75, 3.05) is 27.2 Å². The van der Waals surface area contributed by atoms with Crippen LogP contribution in [0.2, 0.25) is 0 Å². The molecule has 0 atom stereocenters. The van der Waals surface area contributed by atoms with Crippen LogP contribution in [-0.2, 0) is 6.61 Å². The first-order chi connectivity index (χ1) is 11.6. The highest BCUT2D eigenvalue weighted by atomic mass is 16.5. The number of likely N-dealkylation sites (tertiary alicyclic amines) is 1. The number of ether oxygens (including phenoxy) is 1. The summed E-state index contributed by atoms with van der Waals surface area (Å²) in [6, 6.07) is 8.10. The second-order valence-corrected chi connectivity index (χ2v) is 6.62. The van der Waals surface area contributed by atoms with Crippen molar-refractivity contribution in [3.05, 3.63) is 42.0 Å². The predicted octanol–water partition coefficient (Wildman–Crippen LogP) is 1.93. The molecule has 0 saturated carbocycles. The molecule has 1 amide bonds. The van der Waals surface area contributed by atoms with Gasteiger partial charge in [-0.15, -0.1) is 0 Å². The molecule has 24 heavy (non-hydrogen) atoms. The third-order valence-electron chi connectivity index (χ3n) is 5.11. The maximum Gasteiger partial charge on any atom is 0.274 e. The first-order valence-electron chi connectivity index (χ1n) is 8.39. The number of carbonyl (C=O) groups is 1. The number of carbonyl (C=O) groups excluding carboxylic acids is 1. The van der Waals surface area contributed by atoms with E-state index in [1.54, 1.807) is 6.33 Å². The Hall–Kier alpha value is -2.34. The lowest BCUT2D eigenvalue weighted by Crippen LogP contribution is -2.44. The Morgan fingerprint density at radius 1 is 1.29 bits per heavy atom. The van der Waals surface area contributed by atoms with Gasteiger partial charge in [0.25, 0.3) is 5.91 Å². The minimum Gasteiger partial charge on any atom is -0.485 e. The molecule has 1 fully saturated rings. The summed E-state index contributed by atoms with van der Waals surface area (Å²) < 4.78 is 7.77. The van der Waals surface area contributed by atoms with Crippen LogP contribution in [0.4, 0.5) is 0 Å². The van der Waals surface area contributed by atoms with Gasteiger partial charge in [-0.25, -0.2) is 4.98 Å². The van der Waals surface area contributed by atoms with Gasteiger partial charge in [-0.2, -0.15) is 0 Å². The fourth-order valence-electron chi connectivity index (χ4n) is 3.54. The summed E-state index contributed by atoms with van der Waals surface area (Å²) in [4.78, 5) is 21.5. The van der Waals surface area contributed by atoms with E-state index in [4.69, 9.17) is 4.74 Å². The van der Waals surface area contributed by atoms with Gasteiger partial charge in [0.05, 0.1) is 11.4 Å². The zero-order valence-electron chi connectivity index (χ0n) is 14.1. The molecule has 1 aromatic carbocycles. The molecule has 0 spiro atoms. The molecule has 4 rings (SSSR count). The molecule has 126 valence electrons. The summed E-state index contributed by atoms with van der Waals surface area (Å²) in [5, 5.41) is 0. The maximum atomic E-state index is 13.0. The molecule has 0 unspecified atom stereocenters.